The Bertz CT molecular complexity index is 1220. The summed E-state index contributed by atoms with van der Waals surface area (Å²) in [6.07, 6.45) is 4.44. The Labute approximate surface area is 199 Å². The molecule has 2 heterocycles. The van der Waals surface area contributed by atoms with E-state index in [0.717, 1.165) is 35.7 Å². The minimum atomic E-state index is -0.194. The van der Waals surface area contributed by atoms with Crippen molar-refractivity contribution < 1.29 is 19.1 Å². The first-order valence-corrected chi connectivity index (χ1v) is 11.8. The Balaban J connectivity index is 1.30. The van der Waals surface area contributed by atoms with Crippen molar-refractivity contribution in [3.63, 3.8) is 0 Å². The van der Waals surface area contributed by atoms with E-state index in [-0.39, 0.29) is 17.9 Å². The molecule has 1 aliphatic heterocycles. The van der Waals surface area contributed by atoms with Crippen molar-refractivity contribution in [1.82, 2.24) is 9.88 Å². The summed E-state index contributed by atoms with van der Waals surface area (Å²) in [4.78, 5) is 25.5. The molecular formula is C27H29N3O4. The second-order valence-corrected chi connectivity index (χ2v) is 8.93. The molecule has 2 aromatic carbocycles. The van der Waals surface area contributed by atoms with Gasteiger partial charge in [0.25, 0.3) is 11.8 Å². The van der Waals surface area contributed by atoms with Crippen LogP contribution in [0.4, 0.5) is 5.69 Å². The summed E-state index contributed by atoms with van der Waals surface area (Å²) in [5.74, 6) is 1.18. The van der Waals surface area contributed by atoms with Crippen LogP contribution in [-0.4, -0.2) is 35.6 Å². The van der Waals surface area contributed by atoms with E-state index in [1.54, 1.807) is 24.3 Å². The smallest absolute Gasteiger partial charge is 0.257 e. The van der Waals surface area contributed by atoms with Gasteiger partial charge >= 0.3 is 0 Å². The number of fused-ring (bicyclic) bond motifs is 1. The van der Waals surface area contributed by atoms with Crippen LogP contribution in [0, 0.1) is 13.8 Å². The van der Waals surface area contributed by atoms with Gasteiger partial charge in [0.15, 0.2) is 11.5 Å². The molecule has 3 aromatic rings. The summed E-state index contributed by atoms with van der Waals surface area (Å²) in [7, 11) is 0. The number of carbonyl (C=O) groups is 2. The molecule has 7 nitrogen and oxygen atoms in total. The van der Waals surface area contributed by atoms with Gasteiger partial charge in [0.05, 0.1) is 5.56 Å². The Kier molecular flexibility index (Phi) is 6.01. The quantitative estimate of drug-likeness (QED) is 0.575. The van der Waals surface area contributed by atoms with E-state index in [1.807, 2.05) is 42.7 Å². The van der Waals surface area contributed by atoms with Gasteiger partial charge in [-0.05, 0) is 69.2 Å². The SMILES string of the molecule is Cc1cc(C(=O)Nc2ccc(C(=O)NC3CCCC3)cc2)c(C)n1-c1ccc2c(c1)OCCO2. The summed E-state index contributed by atoms with van der Waals surface area (Å²) in [5, 5.41) is 6.04. The fourth-order valence-corrected chi connectivity index (χ4v) is 4.80. The maximum atomic E-state index is 13.1. The molecule has 1 saturated carbocycles. The zero-order valence-corrected chi connectivity index (χ0v) is 19.5. The van der Waals surface area contributed by atoms with Crippen LogP contribution in [0.3, 0.4) is 0 Å². The van der Waals surface area contributed by atoms with E-state index >= 15 is 0 Å². The first kappa shape index (κ1) is 22.1. The lowest BCUT2D eigenvalue weighted by Gasteiger charge is -2.20. The Morgan fingerprint density at radius 1 is 0.882 bits per heavy atom. The lowest BCUT2D eigenvalue weighted by Crippen LogP contribution is -2.32. The van der Waals surface area contributed by atoms with Crippen LogP contribution in [-0.2, 0) is 0 Å². The number of hydrogen-bond donors (Lipinski definition) is 2. The van der Waals surface area contributed by atoms with Crippen LogP contribution in [0.1, 0.15) is 57.8 Å². The van der Waals surface area contributed by atoms with E-state index in [4.69, 9.17) is 9.47 Å². The molecule has 0 saturated heterocycles. The zero-order chi connectivity index (χ0) is 23.7. The van der Waals surface area contributed by atoms with Gasteiger partial charge in [0, 0.05) is 40.4 Å². The molecule has 1 fully saturated rings. The van der Waals surface area contributed by atoms with E-state index in [9.17, 15) is 9.59 Å². The topological polar surface area (TPSA) is 81.6 Å². The minimum absolute atomic E-state index is 0.0623. The molecule has 176 valence electrons. The zero-order valence-electron chi connectivity index (χ0n) is 19.5. The van der Waals surface area contributed by atoms with Gasteiger partial charge in [-0.2, -0.15) is 0 Å². The van der Waals surface area contributed by atoms with Gasteiger partial charge in [0.2, 0.25) is 0 Å². The number of nitrogens with zero attached hydrogens (tertiary/aromatic N) is 1. The van der Waals surface area contributed by atoms with Crippen molar-refractivity contribution in [3.8, 4) is 17.2 Å². The molecule has 5 rings (SSSR count). The highest BCUT2D eigenvalue weighted by molar-refractivity contribution is 6.05. The number of rotatable bonds is 5. The van der Waals surface area contributed by atoms with Crippen molar-refractivity contribution in [2.75, 3.05) is 18.5 Å². The fourth-order valence-electron chi connectivity index (χ4n) is 4.80. The standard InChI is InChI=1S/C27H29N3O4/c1-17-15-23(18(2)30(17)22-11-12-24-25(16-22)34-14-13-33-24)27(32)29-21-9-7-19(8-10-21)26(31)28-20-5-3-4-6-20/h7-12,15-16,20H,3-6,13-14H2,1-2H3,(H,28,31)(H,29,32). The molecule has 1 aliphatic carbocycles. The third kappa shape index (κ3) is 4.38. The number of aromatic nitrogens is 1. The second kappa shape index (κ2) is 9.25. The average Bonchev–Trinajstić information content (AvgIpc) is 3.46. The number of hydrogen-bond acceptors (Lipinski definition) is 4. The van der Waals surface area contributed by atoms with Gasteiger partial charge < -0.3 is 24.7 Å². The molecule has 2 N–H and O–H groups in total. The Morgan fingerprint density at radius 3 is 2.32 bits per heavy atom. The predicted molar refractivity (Wildman–Crippen MR) is 130 cm³/mol. The third-order valence-electron chi connectivity index (χ3n) is 6.56. The van der Waals surface area contributed by atoms with Crippen molar-refractivity contribution in [2.45, 2.75) is 45.6 Å². The second-order valence-electron chi connectivity index (χ2n) is 8.93. The maximum Gasteiger partial charge on any atom is 0.257 e. The highest BCUT2D eigenvalue weighted by Crippen LogP contribution is 2.33. The molecule has 0 spiro atoms. The Morgan fingerprint density at radius 2 is 1.59 bits per heavy atom. The van der Waals surface area contributed by atoms with Crippen molar-refractivity contribution in [2.24, 2.45) is 0 Å². The molecule has 2 aliphatic rings. The van der Waals surface area contributed by atoms with Crippen LogP contribution in [0.25, 0.3) is 5.69 Å². The van der Waals surface area contributed by atoms with Gasteiger partial charge in [-0.25, -0.2) is 0 Å². The Hall–Kier alpha value is -3.74. The molecule has 1 aromatic heterocycles. The highest BCUT2D eigenvalue weighted by Gasteiger charge is 2.20. The fraction of sp³-hybridized carbons (Fsp3) is 0.333. The molecule has 7 heteroatoms. The number of aryl methyl sites for hydroxylation is 1. The van der Waals surface area contributed by atoms with Crippen molar-refractivity contribution >= 4 is 17.5 Å². The van der Waals surface area contributed by atoms with Gasteiger partial charge in [-0.15, -0.1) is 0 Å². The van der Waals surface area contributed by atoms with E-state index < -0.39 is 0 Å². The predicted octanol–water partition coefficient (Wildman–Crippen LogP) is 4.79. The number of carbonyl (C=O) groups excluding carboxylic acids is 2. The highest BCUT2D eigenvalue weighted by atomic mass is 16.6. The normalized spacial score (nSPS) is 15.2. The summed E-state index contributed by atoms with van der Waals surface area (Å²) in [6, 6.07) is 15.0. The largest absolute Gasteiger partial charge is 0.486 e. The monoisotopic (exact) mass is 459 g/mol. The summed E-state index contributed by atoms with van der Waals surface area (Å²) >= 11 is 0. The van der Waals surface area contributed by atoms with Crippen LogP contribution in [0.5, 0.6) is 11.5 Å². The summed E-state index contributed by atoms with van der Waals surface area (Å²) < 4.78 is 13.4. The summed E-state index contributed by atoms with van der Waals surface area (Å²) in [6.45, 7) is 4.96. The van der Waals surface area contributed by atoms with Crippen LogP contribution >= 0.6 is 0 Å². The lowest BCUT2D eigenvalue weighted by molar-refractivity contribution is 0.0937. The molecule has 34 heavy (non-hydrogen) atoms. The maximum absolute atomic E-state index is 13.1. The molecule has 0 unspecified atom stereocenters. The number of ether oxygens (including phenoxy) is 2. The van der Waals surface area contributed by atoms with Gasteiger partial charge in [-0.1, -0.05) is 12.8 Å². The molecule has 2 amide bonds. The number of benzene rings is 2. The molecule has 0 atom stereocenters. The molecule has 0 radical (unpaired) electrons. The number of amides is 2. The van der Waals surface area contributed by atoms with E-state index in [2.05, 4.69) is 10.6 Å². The lowest BCUT2D eigenvalue weighted by atomic mass is 10.1. The minimum Gasteiger partial charge on any atom is -0.486 e. The van der Waals surface area contributed by atoms with Gasteiger partial charge in [0.1, 0.15) is 13.2 Å². The van der Waals surface area contributed by atoms with Gasteiger partial charge in [-0.3, -0.25) is 9.59 Å². The third-order valence-corrected chi connectivity index (χ3v) is 6.56. The van der Waals surface area contributed by atoms with E-state index in [0.29, 0.717) is 35.8 Å². The molecule has 0 bridgehead atoms. The average molecular weight is 460 g/mol. The van der Waals surface area contributed by atoms with E-state index in [1.165, 1.54) is 12.8 Å². The van der Waals surface area contributed by atoms with Crippen LogP contribution < -0.4 is 20.1 Å². The summed E-state index contributed by atoms with van der Waals surface area (Å²) in [5.41, 5.74) is 4.53. The number of anilines is 1. The van der Waals surface area contributed by atoms with Crippen LogP contribution in [0.2, 0.25) is 0 Å². The van der Waals surface area contributed by atoms with Crippen LogP contribution in [0.15, 0.2) is 48.5 Å². The first-order valence-electron chi connectivity index (χ1n) is 11.8. The first-order chi connectivity index (χ1) is 16.5. The van der Waals surface area contributed by atoms with Crippen molar-refractivity contribution in [3.05, 3.63) is 71.0 Å². The van der Waals surface area contributed by atoms with Crippen molar-refractivity contribution in [1.29, 1.82) is 0 Å². The number of nitrogens with one attached hydrogen (secondary N) is 2. The molecular weight excluding hydrogens is 430 g/mol.